The van der Waals surface area contributed by atoms with Crippen LogP contribution in [0.25, 0.3) is 0 Å². The van der Waals surface area contributed by atoms with Crippen LogP contribution in [-0.2, 0) is 6.42 Å². The van der Waals surface area contributed by atoms with Gasteiger partial charge in [-0.2, -0.15) is 0 Å². The molecule has 1 aliphatic carbocycles. The van der Waals surface area contributed by atoms with E-state index in [1.165, 1.54) is 31.2 Å². The average Bonchev–Trinajstić information content (AvgIpc) is 2.60. The molecule has 1 nitrogen and oxygen atoms in total. The van der Waals surface area contributed by atoms with Crippen LogP contribution in [0.3, 0.4) is 0 Å². The van der Waals surface area contributed by atoms with E-state index < -0.39 is 0 Å². The maximum atomic E-state index is 11.3. The molecule has 25 heavy (non-hydrogen) atoms. The Morgan fingerprint density at radius 2 is 1.52 bits per heavy atom. The van der Waals surface area contributed by atoms with Gasteiger partial charge < -0.3 is 0 Å². The third kappa shape index (κ3) is 4.40. The normalized spacial score (nSPS) is 21.8. The van der Waals surface area contributed by atoms with Gasteiger partial charge in [-0.05, 0) is 67.3 Å². The highest BCUT2D eigenvalue weighted by Crippen LogP contribution is 2.48. The minimum absolute atomic E-state index is 0.0841. The van der Waals surface area contributed by atoms with Crippen molar-refractivity contribution >= 4 is 5.78 Å². The molecule has 0 radical (unpaired) electrons. The molecule has 2 aromatic rings. The third-order valence-electron chi connectivity index (χ3n) is 5.54. The van der Waals surface area contributed by atoms with E-state index in [1.807, 2.05) is 24.3 Å². The van der Waals surface area contributed by atoms with Crippen molar-refractivity contribution in [1.29, 1.82) is 0 Å². The van der Waals surface area contributed by atoms with E-state index in [0.29, 0.717) is 5.41 Å². The van der Waals surface area contributed by atoms with Crippen molar-refractivity contribution in [2.45, 2.75) is 46.5 Å². The highest BCUT2D eigenvalue weighted by molar-refractivity contribution is 5.94. The zero-order chi connectivity index (χ0) is 17.9. The Kier molecular flexibility index (Phi) is 5.09. The molecule has 0 aliphatic heterocycles. The van der Waals surface area contributed by atoms with Gasteiger partial charge in [-0.25, -0.2) is 0 Å². The van der Waals surface area contributed by atoms with Crippen LogP contribution in [-0.4, -0.2) is 5.78 Å². The van der Waals surface area contributed by atoms with Gasteiger partial charge in [-0.3, -0.25) is 4.79 Å². The van der Waals surface area contributed by atoms with E-state index >= 15 is 0 Å². The predicted molar refractivity (Wildman–Crippen MR) is 104 cm³/mol. The van der Waals surface area contributed by atoms with Crippen molar-refractivity contribution in [2.75, 3.05) is 0 Å². The van der Waals surface area contributed by atoms with Crippen molar-refractivity contribution in [3.63, 3.8) is 0 Å². The zero-order valence-electron chi connectivity index (χ0n) is 15.4. The number of carbonyl (C=O) groups is 1. The standard InChI is InChI=1S/C24H26O/c1-4-24(3)16-22(17-24)15-21-9-7-19(8-10-21)5-6-20-11-13-23(14-12-20)18(2)25/h7-14,22H,4,15-17H2,1-3H3. The summed E-state index contributed by atoms with van der Waals surface area (Å²) in [6.07, 6.45) is 5.21. The summed E-state index contributed by atoms with van der Waals surface area (Å²) >= 11 is 0. The lowest BCUT2D eigenvalue weighted by Crippen LogP contribution is -2.34. The Balaban J connectivity index is 1.59. The van der Waals surface area contributed by atoms with Crippen molar-refractivity contribution in [3.8, 4) is 11.8 Å². The smallest absolute Gasteiger partial charge is 0.159 e. The molecule has 0 atom stereocenters. The topological polar surface area (TPSA) is 17.1 Å². The molecule has 3 rings (SSSR count). The molecule has 0 heterocycles. The minimum Gasteiger partial charge on any atom is -0.295 e. The molecule has 1 aliphatic rings. The molecule has 1 heteroatoms. The number of Topliss-reactive ketones (excluding diaryl/α,β-unsaturated/α-hetero) is 1. The average molecular weight is 330 g/mol. The molecular formula is C24H26O. The molecule has 0 unspecified atom stereocenters. The number of hydrogen-bond donors (Lipinski definition) is 0. The predicted octanol–water partition coefficient (Wildman–Crippen LogP) is 5.66. The molecule has 0 amide bonds. The Morgan fingerprint density at radius 1 is 1.00 bits per heavy atom. The Bertz CT molecular complexity index is 794. The van der Waals surface area contributed by atoms with Crippen molar-refractivity contribution in [2.24, 2.45) is 11.3 Å². The summed E-state index contributed by atoms with van der Waals surface area (Å²) in [5.74, 6) is 7.31. The second-order valence-electron chi connectivity index (χ2n) is 7.72. The minimum atomic E-state index is 0.0841. The van der Waals surface area contributed by atoms with Gasteiger partial charge in [0, 0.05) is 16.7 Å². The number of hydrogen-bond acceptors (Lipinski definition) is 1. The second kappa shape index (κ2) is 7.28. The van der Waals surface area contributed by atoms with Gasteiger partial charge in [-0.15, -0.1) is 0 Å². The van der Waals surface area contributed by atoms with Gasteiger partial charge in [0.25, 0.3) is 0 Å². The number of carbonyl (C=O) groups excluding carboxylic acids is 1. The van der Waals surface area contributed by atoms with Crippen molar-refractivity contribution in [1.82, 2.24) is 0 Å². The van der Waals surface area contributed by atoms with Gasteiger partial charge in [0.2, 0.25) is 0 Å². The lowest BCUT2D eigenvalue weighted by molar-refractivity contribution is 0.0711. The van der Waals surface area contributed by atoms with E-state index in [9.17, 15) is 4.79 Å². The third-order valence-corrected chi connectivity index (χ3v) is 5.54. The highest BCUT2D eigenvalue weighted by atomic mass is 16.1. The van der Waals surface area contributed by atoms with Crippen LogP contribution in [0.15, 0.2) is 48.5 Å². The summed E-state index contributed by atoms with van der Waals surface area (Å²) in [5, 5.41) is 0. The van der Waals surface area contributed by atoms with Crippen LogP contribution in [0.5, 0.6) is 0 Å². The van der Waals surface area contributed by atoms with Gasteiger partial charge >= 0.3 is 0 Å². The highest BCUT2D eigenvalue weighted by Gasteiger charge is 2.38. The SMILES string of the molecule is CCC1(C)CC(Cc2ccc(C#Cc3ccc(C(C)=O)cc3)cc2)C1. The fourth-order valence-electron chi connectivity index (χ4n) is 3.76. The fourth-order valence-corrected chi connectivity index (χ4v) is 3.76. The summed E-state index contributed by atoms with van der Waals surface area (Å²) in [4.78, 5) is 11.3. The molecule has 2 aromatic carbocycles. The molecule has 0 spiro atoms. The van der Waals surface area contributed by atoms with Crippen LogP contribution in [0.2, 0.25) is 0 Å². The van der Waals surface area contributed by atoms with Crippen molar-refractivity contribution in [3.05, 3.63) is 70.8 Å². The summed E-state index contributed by atoms with van der Waals surface area (Å²) in [6.45, 7) is 6.29. The first-order valence-electron chi connectivity index (χ1n) is 9.19. The van der Waals surface area contributed by atoms with Gasteiger partial charge in [0.15, 0.2) is 5.78 Å². The zero-order valence-corrected chi connectivity index (χ0v) is 15.4. The second-order valence-corrected chi connectivity index (χ2v) is 7.72. The van der Waals surface area contributed by atoms with Crippen LogP contribution < -0.4 is 0 Å². The lowest BCUT2D eigenvalue weighted by Gasteiger charge is -2.45. The molecule has 1 fully saturated rings. The molecule has 0 bridgehead atoms. The molecule has 128 valence electrons. The first kappa shape index (κ1) is 17.5. The molecular weight excluding hydrogens is 304 g/mol. The lowest BCUT2D eigenvalue weighted by atomic mass is 9.60. The summed E-state index contributed by atoms with van der Waals surface area (Å²) in [5.41, 5.74) is 4.70. The fraction of sp³-hybridized carbons (Fsp3) is 0.375. The molecule has 1 saturated carbocycles. The van der Waals surface area contributed by atoms with Crippen LogP contribution in [0, 0.1) is 23.2 Å². The largest absolute Gasteiger partial charge is 0.295 e. The Morgan fingerprint density at radius 3 is 2.00 bits per heavy atom. The Labute approximate surface area is 151 Å². The quantitative estimate of drug-likeness (QED) is 0.522. The molecule has 0 saturated heterocycles. The first-order valence-corrected chi connectivity index (χ1v) is 9.19. The van der Waals surface area contributed by atoms with E-state index in [4.69, 9.17) is 0 Å². The van der Waals surface area contributed by atoms with Crippen LogP contribution in [0.1, 0.15) is 67.1 Å². The van der Waals surface area contributed by atoms with Gasteiger partial charge in [-0.1, -0.05) is 56.4 Å². The summed E-state index contributed by atoms with van der Waals surface area (Å²) < 4.78 is 0. The maximum Gasteiger partial charge on any atom is 0.159 e. The number of benzene rings is 2. The monoisotopic (exact) mass is 330 g/mol. The van der Waals surface area contributed by atoms with Crippen LogP contribution >= 0.6 is 0 Å². The Hall–Kier alpha value is -2.33. The molecule has 0 aromatic heterocycles. The summed E-state index contributed by atoms with van der Waals surface area (Å²) in [7, 11) is 0. The van der Waals surface area contributed by atoms with Crippen molar-refractivity contribution < 1.29 is 4.79 Å². The van der Waals surface area contributed by atoms with Gasteiger partial charge in [0.05, 0.1) is 0 Å². The van der Waals surface area contributed by atoms with E-state index in [2.05, 4.69) is 50.0 Å². The van der Waals surface area contributed by atoms with Gasteiger partial charge in [0.1, 0.15) is 0 Å². The molecule has 0 N–H and O–H groups in total. The number of rotatable bonds is 4. The maximum absolute atomic E-state index is 11.3. The van der Waals surface area contributed by atoms with E-state index in [0.717, 1.165) is 22.6 Å². The number of ketones is 1. The first-order chi connectivity index (χ1) is 12.0. The van der Waals surface area contributed by atoms with E-state index in [-0.39, 0.29) is 5.78 Å². The summed E-state index contributed by atoms with van der Waals surface area (Å²) in [6, 6.07) is 16.1. The van der Waals surface area contributed by atoms with E-state index in [1.54, 1.807) is 6.92 Å². The van der Waals surface area contributed by atoms with Crippen LogP contribution in [0.4, 0.5) is 0 Å².